The van der Waals surface area contributed by atoms with Crippen LogP contribution in [0.15, 0.2) is 54.6 Å². The number of nitriles is 1. The van der Waals surface area contributed by atoms with E-state index < -0.39 is 0 Å². The van der Waals surface area contributed by atoms with Crippen LogP contribution in [0.2, 0.25) is 0 Å². The second-order valence-corrected chi connectivity index (χ2v) is 5.08. The first kappa shape index (κ1) is 13.3. The smallest absolute Gasteiger partial charge is 0.0994 e. The van der Waals surface area contributed by atoms with E-state index >= 15 is 0 Å². The van der Waals surface area contributed by atoms with Crippen LogP contribution in [0.4, 0.5) is 0 Å². The number of nitrogens with zero attached hydrogens (tertiary/aromatic N) is 1. The summed E-state index contributed by atoms with van der Waals surface area (Å²) in [6, 6.07) is 20.3. The Morgan fingerprint density at radius 3 is 2.32 bits per heavy atom. The molecule has 1 atom stereocenters. The molecule has 0 aliphatic carbocycles. The standard InChI is InChI=1S/C17H18N2/c1-17(13-19,11-14-7-3-2-4-8-14)16-10-6-5-9-15(16)12-18/h2-10H,11,13,19H2,1H3. The van der Waals surface area contributed by atoms with Gasteiger partial charge in [0.05, 0.1) is 11.6 Å². The highest BCUT2D eigenvalue weighted by atomic mass is 14.6. The van der Waals surface area contributed by atoms with Gasteiger partial charge in [-0.25, -0.2) is 0 Å². The monoisotopic (exact) mass is 250 g/mol. The number of hydrogen-bond donors (Lipinski definition) is 1. The van der Waals surface area contributed by atoms with Crippen LogP contribution in [-0.2, 0) is 11.8 Å². The van der Waals surface area contributed by atoms with Gasteiger partial charge in [0.15, 0.2) is 0 Å². The molecule has 2 aromatic rings. The Bertz CT molecular complexity index is 584. The van der Waals surface area contributed by atoms with Crippen molar-refractivity contribution in [3.63, 3.8) is 0 Å². The lowest BCUT2D eigenvalue weighted by molar-refractivity contribution is 0.480. The Morgan fingerprint density at radius 1 is 1.05 bits per heavy atom. The zero-order valence-corrected chi connectivity index (χ0v) is 11.1. The normalized spacial score (nSPS) is 13.5. The molecular formula is C17H18N2. The Labute approximate surface area is 114 Å². The Kier molecular flexibility index (Phi) is 3.99. The molecule has 0 aliphatic rings. The predicted octanol–water partition coefficient (Wildman–Crippen LogP) is 3.02. The van der Waals surface area contributed by atoms with Crippen LogP contribution in [-0.4, -0.2) is 6.54 Å². The van der Waals surface area contributed by atoms with E-state index in [1.54, 1.807) is 0 Å². The Morgan fingerprint density at radius 2 is 1.68 bits per heavy atom. The van der Waals surface area contributed by atoms with E-state index in [-0.39, 0.29) is 5.41 Å². The number of rotatable bonds is 4. The van der Waals surface area contributed by atoms with E-state index in [1.165, 1.54) is 5.56 Å². The lowest BCUT2D eigenvalue weighted by Crippen LogP contribution is -2.35. The van der Waals surface area contributed by atoms with Gasteiger partial charge in [-0.1, -0.05) is 55.5 Å². The fourth-order valence-electron chi connectivity index (χ4n) is 2.43. The molecule has 0 amide bonds. The minimum absolute atomic E-state index is 0.215. The van der Waals surface area contributed by atoms with Crippen molar-refractivity contribution in [2.24, 2.45) is 5.73 Å². The first-order chi connectivity index (χ1) is 9.19. The van der Waals surface area contributed by atoms with Crippen molar-refractivity contribution in [1.29, 1.82) is 5.26 Å². The molecule has 0 aliphatic heterocycles. The van der Waals surface area contributed by atoms with E-state index in [4.69, 9.17) is 5.73 Å². The summed E-state index contributed by atoms with van der Waals surface area (Å²) in [5.74, 6) is 0. The second-order valence-electron chi connectivity index (χ2n) is 5.08. The van der Waals surface area contributed by atoms with Gasteiger partial charge in [0, 0.05) is 12.0 Å². The van der Waals surface area contributed by atoms with Crippen molar-refractivity contribution < 1.29 is 0 Å². The second kappa shape index (κ2) is 5.69. The van der Waals surface area contributed by atoms with Gasteiger partial charge in [0.2, 0.25) is 0 Å². The summed E-state index contributed by atoms with van der Waals surface area (Å²) in [5, 5.41) is 9.25. The average molecular weight is 250 g/mol. The SMILES string of the molecule is CC(CN)(Cc1ccccc1)c1ccccc1C#N. The minimum Gasteiger partial charge on any atom is -0.330 e. The van der Waals surface area contributed by atoms with Gasteiger partial charge >= 0.3 is 0 Å². The van der Waals surface area contributed by atoms with Crippen molar-refractivity contribution in [3.05, 3.63) is 71.3 Å². The molecule has 0 spiro atoms. The van der Waals surface area contributed by atoms with E-state index in [2.05, 4.69) is 25.1 Å². The van der Waals surface area contributed by atoms with Crippen LogP contribution in [0.25, 0.3) is 0 Å². The molecule has 0 heterocycles. The van der Waals surface area contributed by atoms with Crippen molar-refractivity contribution in [2.45, 2.75) is 18.8 Å². The number of nitrogens with two attached hydrogens (primary N) is 1. The largest absolute Gasteiger partial charge is 0.330 e. The molecule has 0 saturated carbocycles. The lowest BCUT2D eigenvalue weighted by Gasteiger charge is -2.29. The van der Waals surface area contributed by atoms with Crippen LogP contribution in [0.5, 0.6) is 0 Å². The van der Waals surface area contributed by atoms with Crippen LogP contribution in [0.1, 0.15) is 23.6 Å². The summed E-state index contributed by atoms with van der Waals surface area (Å²) in [4.78, 5) is 0. The highest BCUT2D eigenvalue weighted by Crippen LogP contribution is 2.29. The first-order valence-corrected chi connectivity index (χ1v) is 6.43. The molecule has 1 unspecified atom stereocenters. The molecule has 0 bridgehead atoms. The maximum absolute atomic E-state index is 9.25. The predicted molar refractivity (Wildman–Crippen MR) is 77.7 cm³/mol. The van der Waals surface area contributed by atoms with Crippen LogP contribution in [0.3, 0.4) is 0 Å². The maximum Gasteiger partial charge on any atom is 0.0994 e. The third kappa shape index (κ3) is 2.83. The molecule has 0 radical (unpaired) electrons. The van der Waals surface area contributed by atoms with Crippen molar-refractivity contribution in [2.75, 3.05) is 6.54 Å². The van der Waals surface area contributed by atoms with Crippen molar-refractivity contribution >= 4 is 0 Å². The Balaban J connectivity index is 2.40. The first-order valence-electron chi connectivity index (χ1n) is 6.43. The third-order valence-corrected chi connectivity index (χ3v) is 3.59. The fraction of sp³-hybridized carbons (Fsp3) is 0.235. The number of benzene rings is 2. The van der Waals surface area contributed by atoms with Crippen molar-refractivity contribution in [1.82, 2.24) is 0 Å². The molecule has 2 N–H and O–H groups in total. The molecule has 96 valence electrons. The molecule has 0 fully saturated rings. The zero-order valence-electron chi connectivity index (χ0n) is 11.1. The van der Waals surface area contributed by atoms with Gasteiger partial charge in [-0.15, -0.1) is 0 Å². The van der Waals surface area contributed by atoms with Gasteiger partial charge in [-0.05, 0) is 23.6 Å². The topological polar surface area (TPSA) is 49.8 Å². The van der Waals surface area contributed by atoms with Gasteiger partial charge in [-0.2, -0.15) is 5.26 Å². The molecule has 19 heavy (non-hydrogen) atoms. The van der Waals surface area contributed by atoms with Gasteiger partial charge in [0.1, 0.15) is 0 Å². The summed E-state index contributed by atoms with van der Waals surface area (Å²) in [5.41, 5.74) is 8.77. The third-order valence-electron chi connectivity index (χ3n) is 3.59. The molecule has 2 heteroatoms. The zero-order chi connectivity index (χ0) is 13.7. The van der Waals surface area contributed by atoms with Crippen LogP contribution in [0, 0.1) is 11.3 Å². The maximum atomic E-state index is 9.25. The van der Waals surface area contributed by atoms with Crippen LogP contribution >= 0.6 is 0 Å². The summed E-state index contributed by atoms with van der Waals surface area (Å²) in [6.45, 7) is 2.64. The summed E-state index contributed by atoms with van der Waals surface area (Å²) < 4.78 is 0. The molecule has 0 aromatic heterocycles. The highest BCUT2D eigenvalue weighted by Gasteiger charge is 2.27. The van der Waals surface area contributed by atoms with Gasteiger partial charge < -0.3 is 5.73 Å². The van der Waals surface area contributed by atoms with Gasteiger partial charge in [0.25, 0.3) is 0 Å². The highest BCUT2D eigenvalue weighted by molar-refractivity contribution is 5.43. The van der Waals surface area contributed by atoms with E-state index in [0.29, 0.717) is 12.1 Å². The van der Waals surface area contributed by atoms with E-state index in [0.717, 1.165) is 12.0 Å². The fourth-order valence-corrected chi connectivity index (χ4v) is 2.43. The van der Waals surface area contributed by atoms with E-state index in [1.807, 2.05) is 42.5 Å². The number of hydrogen-bond acceptors (Lipinski definition) is 2. The quantitative estimate of drug-likeness (QED) is 0.906. The molecule has 2 rings (SSSR count). The molecular weight excluding hydrogens is 232 g/mol. The summed E-state index contributed by atoms with van der Waals surface area (Å²) in [7, 11) is 0. The molecule has 0 saturated heterocycles. The molecule has 2 aromatic carbocycles. The van der Waals surface area contributed by atoms with Crippen LogP contribution < -0.4 is 5.73 Å². The molecule has 2 nitrogen and oxygen atoms in total. The summed E-state index contributed by atoms with van der Waals surface area (Å²) >= 11 is 0. The lowest BCUT2D eigenvalue weighted by atomic mass is 9.75. The minimum atomic E-state index is -0.215. The van der Waals surface area contributed by atoms with Gasteiger partial charge in [-0.3, -0.25) is 0 Å². The average Bonchev–Trinajstić information content (AvgIpc) is 2.48. The van der Waals surface area contributed by atoms with E-state index in [9.17, 15) is 5.26 Å². The van der Waals surface area contributed by atoms with Crippen molar-refractivity contribution in [3.8, 4) is 6.07 Å². The Hall–Kier alpha value is -2.11. The summed E-state index contributed by atoms with van der Waals surface area (Å²) in [6.07, 6.45) is 0.836.